The summed E-state index contributed by atoms with van der Waals surface area (Å²) in [4.78, 5) is 21.3. The number of amides is 1. The molecule has 23 heavy (non-hydrogen) atoms. The summed E-state index contributed by atoms with van der Waals surface area (Å²) < 4.78 is 0. The van der Waals surface area contributed by atoms with Crippen molar-refractivity contribution in [3.05, 3.63) is 65.0 Å². The summed E-state index contributed by atoms with van der Waals surface area (Å²) in [6.45, 7) is 3.82. The monoisotopic (exact) mass is 301 g/mol. The van der Waals surface area contributed by atoms with Crippen LogP contribution in [0, 0.1) is 26.2 Å². The van der Waals surface area contributed by atoms with E-state index < -0.39 is 0 Å². The van der Waals surface area contributed by atoms with Gasteiger partial charge in [-0.1, -0.05) is 12.0 Å². The highest BCUT2D eigenvalue weighted by Crippen LogP contribution is 2.16. The van der Waals surface area contributed by atoms with Gasteiger partial charge in [0.05, 0.1) is 22.4 Å². The predicted octanol–water partition coefficient (Wildman–Crippen LogP) is 3.48. The van der Waals surface area contributed by atoms with E-state index in [4.69, 9.17) is 6.42 Å². The number of nitrogens with one attached hydrogen (secondary N) is 1. The average molecular weight is 301 g/mol. The van der Waals surface area contributed by atoms with Crippen LogP contribution in [0.15, 0.2) is 42.5 Å². The fourth-order valence-electron chi connectivity index (χ4n) is 2.26. The molecule has 1 heterocycles. The normalized spacial score (nSPS) is 10.3. The molecule has 3 aromatic rings. The molecule has 4 nitrogen and oxygen atoms in total. The Morgan fingerprint density at radius 2 is 1.78 bits per heavy atom. The Bertz CT molecular complexity index is 954. The molecule has 0 aliphatic heterocycles. The second-order valence-electron chi connectivity index (χ2n) is 5.28. The Labute approximate surface area is 134 Å². The van der Waals surface area contributed by atoms with Crippen LogP contribution in [-0.4, -0.2) is 15.9 Å². The van der Waals surface area contributed by atoms with Crippen molar-refractivity contribution < 1.29 is 4.79 Å². The summed E-state index contributed by atoms with van der Waals surface area (Å²) in [5, 5.41) is 2.84. The van der Waals surface area contributed by atoms with E-state index in [0.29, 0.717) is 16.8 Å². The second kappa shape index (κ2) is 5.90. The van der Waals surface area contributed by atoms with Gasteiger partial charge in [0.2, 0.25) is 0 Å². The molecule has 0 spiro atoms. The Hall–Kier alpha value is -3.19. The van der Waals surface area contributed by atoms with E-state index in [0.717, 1.165) is 22.5 Å². The number of carbonyl (C=O) groups excluding carboxylic acids is 1. The summed E-state index contributed by atoms with van der Waals surface area (Å²) in [7, 11) is 0. The second-order valence-corrected chi connectivity index (χ2v) is 5.28. The molecule has 0 saturated heterocycles. The number of benzene rings is 2. The van der Waals surface area contributed by atoms with Crippen molar-refractivity contribution in [2.75, 3.05) is 5.32 Å². The third-order valence-corrected chi connectivity index (χ3v) is 3.62. The lowest BCUT2D eigenvalue weighted by Gasteiger charge is -2.07. The standard InChI is InChI=1S/C19H15N3O/c1-4-14-6-5-7-16(10-14)22-19(23)15-8-9-17-18(11-15)21-13(3)12(2)20-17/h1,5-11H,2-3H3,(H,22,23). The number of hydrogen-bond donors (Lipinski definition) is 1. The molecule has 0 atom stereocenters. The van der Waals surface area contributed by atoms with Crippen LogP contribution in [0.1, 0.15) is 27.3 Å². The van der Waals surface area contributed by atoms with E-state index >= 15 is 0 Å². The average Bonchev–Trinajstić information content (AvgIpc) is 2.55. The first-order chi connectivity index (χ1) is 11.1. The van der Waals surface area contributed by atoms with Crippen molar-refractivity contribution in [1.82, 2.24) is 9.97 Å². The van der Waals surface area contributed by atoms with Crippen molar-refractivity contribution in [1.29, 1.82) is 0 Å². The van der Waals surface area contributed by atoms with Crippen LogP contribution < -0.4 is 5.32 Å². The van der Waals surface area contributed by atoms with E-state index in [9.17, 15) is 4.79 Å². The Morgan fingerprint density at radius 3 is 2.52 bits per heavy atom. The lowest BCUT2D eigenvalue weighted by Crippen LogP contribution is -2.12. The Kier molecular flexibility index (Phi) is 3.78. The number of fused-ring (bicyclic) bond motifs is 1. The van der Waals surface area contributed by atoms with Gasteiger partial charge in [-0.2, -0.15) is 0 Å². The minimum atomic E-state index is -0.207. The van der Waals surface area contributed by atoms with Crippen molar-refractivity contribution in [3.8, 4) is 12.3 Å². The number of anilines is 1. The van der Waals surface area contributed by atoms with Gasteiger partial charge in [-0.05, 0) is 50.2 Å². The maximum absolute atomic E-state index is 12.4. The minimum absolute atomic E-state index is 0.207. The van der Waals surface area contributed by atoms with Gasteiger partial charge < -0.3 is 5.32 Å². The highest BCUT2D eigenvalue weighted by molar-refractivity contribution is 6.05. The van der Waals surface area contributed by atoms with Gasteiger partial charge in [0.1, 0.15) is 0 Å². The topological polar surface area (TPSA) is 54.9 Å². The molecule has 0 saturated carbocycles. The molecule has 1 N–H and O–H groups in total. The maximum Gasteiger partial charge on any atom is 0.255 e. The van der Waals surface area contributed by atoms with Gasteiger partial charge in [0, 0.05) is 16.8 Å². The van der Waals surface area contributed by atoms with Gasteiger partial charge >= 0.3 is 0 Å². The molecule has 112 valence electrons. The van der Waals surface area contributed by atoms with Crippen molar-refractivity contribution >= 4 is 22.6 Å². The molecule has 1 amide bonds. The SMILES string of the molecule is C#Cc1cccc(NC(=O)c2ccc3nc(C)c(C)nc3c2)c1. The number of aromatic nitrogens is 2. The highest BCUT2D eigenvalue weighted by atomic mass is 16.1. The van der Waals surface area contributed by atoms with Crippen LogP contribution >= 0.6 is 0 Å². The van der Waals surface area contributed by atoms with Crippen LogP contribution in [-0.2, 0) is 0 Å². The molecule has 0 fully saturated rings. The fourth-order valence-corrected chi connectivity index (χ4v) is 2.26. The van der Waals surface area contributed by atoms with Gasteiger partial charge in [-0.25, -0.2) is 9.97 Å². The third kappa shape index (κ3) is 3.04. The number of aryl methyl sites for hydroxylation is 2. The van der Waals surface area contributed by atoms with Crippen LogP contribution in [0.25, 0.3) is 11.0 Å². The number of rotatable bonds is 2. The summed E-state index contributed by atoms with van der Waals surface area (Å²) in [6.07, 6.45) is 5.37. The van der Waals surface area contributed by atoms with Gasteiger partial charge in [0.15, 0.2) is 0 Å². The van der Waals surface area contributed by atoms with Crippen molar-refractivity contribution in [2.45, 2.75) is 13.8 Å². The zero-order valence-corrected chi connectivity index (χ0v) is 12.9. The molecule has 0 aliphatic rings. The fraction of sp³-hybridized carbons (Fsp3) is 0.105. The van der Waals surface area contributed by atoms with Crippen LogP contribution in [0.2, 0.25) is 0 Å². The van der Waals surface area contributed by atoms with E-state index in [-0.39, 0.29) is 5.91 Å². The van der Waals surface area contributed by atoms with E-state index in [2.05, 4.69) is 21.2 Å². The van der Waals surface area contributed by atoms with Gasteiger partial charge in [-0.3, -0.25) is 4.79 Å². The molecule has 0 bridgehead atoms. The molecule has 0 unspecified atom stereocenters. The van der Waals surface area contributed by atoms with Crippen LogP contribution in [0.5, 0.6) is 0 Å². The lowest BCUT2D eigenvalue weighted by atomic mass is 10.1. The first kappa shape index (κ1) is 14.7. The molecule has 1 aromatic heterocycles. The Morgan fingerprint density at radius 1 is 1.04 bits per heavy atom. The molecular weight excluding hydrogens is 286 g/mol. The summed E-state index contributed by atoms with van der Waals surface area (Å²) in [5.74, 6) is 2.34. The lowest BCUT2D eigenvalue weighted by molar-refractivity contribution is 0.102. The molecular formula is C19H15N3O. The summed E-state index contributed by atoms with van der Waals surface area (Å²) in [5.41, 5.74) is 5.14. The zero-order valence-electron chi connectivity index (χ0n) is 12.9. The van der Waals surface area contributed by atoms with Crippen molar-refractivity contribution in [2.24, 2.45) is 0 Å². The van der Waals surface area contributed by atoms with Gasteiger partial charge in [0.25, 0.3) is 5.91 Å². The highest BCUT2D eigenvalue weighted by Gasteiger charge is 2.09. The van der Waals surface area contributed by atoms with Crippen LogP contribution in [0.4, 0.5) is 5.69 Å². The Balaban J connectivity index is 1.91. The first-order valence-corrected chi connectivity index (χ1v) is 7.20. The molecule has 3 rings (SSSR count). The van der Waals surface area contributed by atoms with E-state index in [1.54, 1.807) is 24.3 Å². The molecule has 2 aromatic carbocycles. The number of terminal acetylenes is 1. The van der Waals surface area contributed by atoms with Crippen molar-refractivity contribution in [3.63, 3.8) is 0 Å². The number of carbonyl (C=O) groups is 1. The first-order valence-electron chi connectivity index (χ1n) is 7.20. The molecule has 4 heteroatoms. The minimum Gasteiger partial charge on any atom is -0.322 e. The smallest absolute Gasteiger partial charge is 0.255 e. The number of nitrogens with zero attached hydrogens (tertiary/aromatic N) is 2. The summed E-state index contributed by atoms with van der Waals surface area (Å²) in [6, 6.07) is 12.5. The van der Waals surface area contributed by atoms with E-state index in [1.807, 2.05) is 32.0 Å². The molecule has 0 radical (unpaired) electrons. The number of hydrogen-bond acceptors (Lipinski definition) is 3. The molecule has 0 aliphatic carbocycles. The van der Waals surface area contributed by atoms with E-state index in [1.165, 1.54) is 0 Å². The predicted molar refractivity (Wildman–Crippen MR) is 91.3 cm³/mol. The third-order valence-electron chi connectivity index (χ3n) is 3.62. The summed E-state index contributed by atoms with van der Waals surface area (Å²) >= 11 is 0. The maximum atomic E-state index is 12.4. The van der Waals surface area contributed by atoms with Gasteiger partial charge in [-0.15, -0.1) is 6.42 Å². The zero-order chi connectivity index (χ0) is 16.4. The quantitative estimate of drug-likeness (QED) is 0.737. The van der Waals surface area contributed by atoms with Crippen LogP contribution in [0.3, 0.4) is 0 Å². The largest absolute Gasteiger partial charge is 0.322 e.